The topological polar surface area (TPSA) is 98.1 Å². The van der Waals surface area contributed by atoms with Gasteiger partial charge in [-0.2, -0.15) is 0 Å². The van der Waals surface area contributed by atoms with Crippen LogP contribution in [-0.4, -0.2) is 38.8 Å². The van der Waals surface area contributed by atoms with E-state index in [0.717, 1.165) is 12.8 Å². The van der Waals surface area contributed by atoms with Crippen LogP contribution in [0.4, 0.5) is 0 Å². The van der Waals surface area contributed by atoms with Gasteiger partial charge in [-0.15, -0.1) is 10.2 Å². The molecule has 2 aromatic rings. The molecule has 1 saturated carbocycles. The number of H-pyrrole nitrogens is 1. The number of nitrogens with zero attached hydrogens (tertiary/aromatic N) is 2. The summed E-state index contributed by atoms with van der Waals surface area (Å²) in [5, 5.41) is 8.01. The van der Waals surface area contributed by atoms with Gasteiger partial charge in [-0.05, 0) is 46.1 Å². The van der Waals surface area contributed by atoms with E-state index in [1.54, 1.807) is 27.7 Å². The molecule has 0 aliphatic heterocycles. The van der Waals surface area contributed by atoms with Crippen molar-refractivity contribution >= 4 is 23.5 Å². The van der Waals surface area contributed by atoms with E-state index in [1.807, 2.05) is 0 Å². The van der Waals surface area contributed by atoms with Crippen LogP contribution in [0.3, 0.4) is 0 Å². The second kappa shape index (κ2) is 7.03. The zero-order valence-corrected chi connectivity index (χ0v) is 15.5. The Morgan fingerprint density at radius 2 is 2.08 bits per heavy atom. The summed E-state index contributed by atoms with van der Waals surface area (Å²) in [5.41, 5.74) is 2.08. The van der Waals surface area contributed by atoms with Gasteiger partial charge in [0, 0.05) is 11.6 Å². The van der Waals surface area contributed by atoms with Crippen molar-refractivity contribution in [2.24, 2.45) is 0 Å². The molecular formula is C17H21N3O4S. The van der Waals surface area contributed by atoms with Gasteiger partial charge in [-0.1, -0.05) is 11.8 Å². The second-order valence-electron chi connectivity index (χ2n) is 6.15. The van der Waals surface area contributed by atoms with Gasteiger partial charge in [-0.3, -0.25) is 4.79 Å². The maximum atomic E-state index is 12.8. The lowest BCUT2D eigenvalue weighted by atomic mass is 10.1. The number of ketones is 1. The number of carbonyl (C=O) groups is 2. The van der Waals surface area contributed by atoms with Gasteiger partial charge >= 0.3 is 5.97 Å². The predicted molar refractivity (Wildman–Crippen MR) is 92.1 cm³/mol. The highest BCUT2D eigenvalue weighted by atomic mass is 32.2. The molecule has 3 rings (SSSR count). The molecule has 0 saturated heterocycles. The molecule has 0 spiro atoms. The lowest BCUT2D eigenvalue weighted by molar-refractivity contribution is 0.0525. The third kappa shape index (κ3) is 3.63. The molecule has 0 amide bonds. The summed E-state index contributed by atoms with van der Waals surface area (Å²) in [5.74, 6) is 0.498. The van der Waals surface area contributed by atoms with E-state index < -0.39 is 11.2 Å². The lowest BCUT2D eigenvalue weighted by Crippen LogP contribution is -2.15. The Morgan fingerprint density at radius 3 is 2.72 bits per heavy atom. The van der Waals surface area contributed by atoms with Crippen LogP contribution in [0.25, 0.3) is 0 Å². The zero-order chi connectivity index (χ0) is 18.1. The van der Waals surface area contributed by atoms with Crippen LogP contribution >= 0.6 is 11.8 Å². The molecule has 0 radical (unpaired) electrons. The van der Waals surface area contributed by atoms with Gasteiger partial charge in [-0.25, -0.2) is 4.79 Å². The van der Waals surface area contributed by atoms with Crippen molar-refractivity contribution in [2.75, 3.05) is 6.61 Å². The number of rotatable bonds is 7. The van der Waals surface area contributed by atoms with Crippen LogP contribution in [0, 0.1) is 13.8 Å². The monoisotopic (exact) mass is 363 g/mol. The molecular weight excluding hydrogens is 342 g/mol. The highest BCUT2D eigenvalue weighted by Crippen LogP contribution is 2.40. The van der Waals surface area contributed by atoms with E-state index in [4.69, 9.17) is 9.15 Å². The summed E-state index contributed by atoms with van der Waals surface area (Å²) >= 11 is 1.23. The van der Waals surface area contributed by atoms with E-state index in [9.17, 15) is 9.59 Å². The Kier molecular flexibility index (Phi) is 4.99. The summed E-state index contributed by atoms with van der Waals surface area (Å²) in [6.07, 6.45) is 2.16. The molecule has 1 atom stereocenters. The highest BCUT2D eigenvalue weighted by molar-refractivity contribution is 8.00. The van der Waals surface area contributed by atoms with Gasteiger partial charge < -0.3 is 14.1 Å². The van der Waals surface area contributed by atoms with Gasteiger partial charge in [0.05, 0.1) is 23.1 Å². The van der Waals surface area contributed by atoms with E-state index in [2.05, 4.69) is 15.2 Å². The fraction of sp³-hybridized carbons (Fsp3) is 0.529. The number of aromatic amines is 1. The number of esters is 1. The van der Waals surface area contributed by atoms with Crippen molar-refractivity contribution in [2.45, 2.75) is 56.9 Å². The number of hydrogen-bond acceptors (Lipinski definition) is 7. The molecule has 134 valence electrons. The van der Waals surface area contributed by atoms with E-state index in [0.29, 0.717) is 46.2 Å². The number of thioether (sulfide) groups is 1. The Morgan fingerprint density at radius 1 is 1.36 bits per heavy atom. The Labute approximate surface area is 149 Å². The molecule has 0 aromatic carbocycles. The number of aryl methyl sites for hydroxylation is 1. The zero-order valence-electron chi connectivity index (χ0n) is 14.7. The first-order chi connectivity index (χ1) is 11.9. The van der Waals surface area contributed by atoms with Crippen LogP contribution in [0.5, 0.6) is 0 Å². The van der Waals surface area contributed by atoms with Crippen molar-refractivity contribution in [3.63, 3.8) is 0 Å². The lowest BCUT2D eigenvalue weighted by Gasteiger charge is -2.07. The molecule has 2 aromatic heterocycles. The molecule has 2 heterocycles. The summed E-state index contributed by atoms with van der Waals surface area (Å²) in [6.45, 7) is 7.33. The third-order valence-electron chi connectivity index (χ3n) is 4.16. The van der Waals surface area contributed by atoms with Gasteiger partial charge in [0.15, 0.2) is 5.78 Å². The van der Waals surface area contributed by atoms with Crippen molar-refractivity contribution in [1.29, 1.82) is 0 Å². The number of ether oxygens (including phenoxy) is 1. The van der Waals surface area contributed by atoms with Gasteiger partial charge in [0.2, 0.25) is 5.89 Å². The number of nitrogens with one attached hydrogen (secondary N) is 1. The minimum absolute atomic E-state index is 0.118. The predicted octanol–water partition coefficient (Wildman–Crippen LogP) is 3.43. The molecule has 0 bridgehead atoms. The molecule has 1 aliphatic rings. The number of aromatic nitrogens is 3. The first-order valence-electron chi connectivity index (χ1n) is 8.32. The van der Waals surface area contributed by atoms with E-state index in [-0.39, 0.29) is 5.78 Å². The maximum Gasteiger partial charge on any atom is 0.340 e. The van der Waals surface area contributed by atoms with E-state index in [1.165, 1.54) is 11.8 Å². The summed E-state index contributed by atoms with van der Waals surface area (Å²) in [4.78, 5) is 27.9. The smallest absolute Gasteiger partial charge is 0.340 e. The third-order valence-corrected chi connectivity index (χ3v) is 5.09. The normalized spacial score (nSPS) is 15.2. The first kappa shape index (κ1) is 17.7. The van der Waals surface area contributed by atoms with E-state index >= 15 is 0 Å². The maximum absolute atomic E-state index is 12.8. The van der Waals surface area contributed by atoms with Gasteiger partial charge in [0.25, 0.3) is 5.22 Å². The second-order valence-corrected chi connectivity index (χ2v) is 7.44. The van der Waals surface area contributed by atoms with Crippen molar-refractivity contribution in [3.05, 3.63) is 28.4 Å². The fourth-order valence-corrected chi connectivity index (χ4v) is 3.43. The molecule has 1 N–H and O–H groups in total. The number of hydrogen-bond donors (Lipinski definition) is 1. The van der Waals surface area contributed by atoms with Crippen LogP contribution < -0.4 is 0 Å². The first-order valence-corrected chi connectivity index (χ1v) is 9.20. The average molecular weight is 363 g/mol. The Bertz CT molecular complexity index is 807. The fourth-order valence-electron chi connectivity index (χ4n) is 2.68. The van der Waals surface area contributed by atoms with Crippen molar-refractivity contribution < 1.29 is 18.7 Å². The number of carbonyl (C=O) groups excluding carboxylic acids is 2. The summed E-state index contributed by atoms with van der Waals surface area (Å²) in [6, 6.07) is 0. The molecule has 7 nitrogen and oxygen atoms in total. The van der Waals surface area contributed by atoms with Crippen LogP contribution in [0.15, 0.2) is 9.64 Å². The summed E-state index contributed by atoms with van der Waals surface area (Å²) in [7, 11) is 0. The summed E-state index contributed by atoms with van der Waals surface area (Å²) < 4.78 is 10.7. The molecule has 1 aliphatic carbocycles. The SMILES string of the molecule is CCOC(=O)c1c(C)[nH]c(C(=O)[C@H](C)Sc2nnc(C3CC3)o2)c1C. The molecule has 1 fully saturated rings. The van der Waals surface area contributed by atoms with Crippen LogP contribution in [0.2, 0.25) is 0 Å². The highest BCUT2D eigenvalue weighted by Gasteiger charge is 2.31. The van der Waals surface area contributed by atoms with Crippen LogP contribution in [0.1, 0.15) is 70.6 Å². The number of Topliss-reactive ketones (excluding diaryl/α,β-unsaturated/α-hetero) is 1. The van der Waals surface area contributed by atoms with Crippen LogP contribution in [-0.2, 0) is 4.74 Å². The standard InChI is InChI=1S/C17H21N3O4S/c1-5-23-16(22)12-8(2)13(18-9(12)3)14(21)10(4)25-17-20-19-15(24-17)11-6-7-11/h10-11,18H,5-7H2,1-4H3/t10-/m0/s1. The minimum Gasteiger partial charge on any atom is -0.462 e. The molecule has 25 heavy (non-hydrogen) atoms. The largest absolute Gasteiger partial charge is 0.462 e. The average Bonchev–Trinajstić information content (AvgIpc) is 3.24. The van der Waals surface area contributed by atoms with Crippen molar-refractivity contribution in [1.82, 2.24) is 15.2 Å². The van der Waals surface area contributed by atoms with Gasteiger partial charge in [0.1, 0.15) is 0 Å². The molecule has 0 unspecified atom stereocenters. The van der Waals surface area contributed by atoms with Crippen molar-refractivity contribution in [3.8, 4) is 0 Å². The Hall–Kier alpha value is -2.09. The Balaban J connectivity index is 1.75. The minimum atomic E-state index is -0.418. The molecule has 8 heteroatoms. The quantitative estimate of drug-likeness (QED) is 0.457.